The molecule has 3 aromatic heterocycles. The summed E-state index contributed by atoms with van der Waals surface area (Å²) < 4.78 is 13.0. The van der Waals surface area contributed by atoms with E-state index >= 15 is 0 Å². The summed E-state index contributed by atoms with van der Waals surface area (Å²) in [6.45, 7) is 0. The lowest BCUT2D eigenvalue weighted by molar-refractivity contribution is 0.623. The van der Waals surface area contributed by atoms with Crippen LogP contribution in [0.2, 0.25) is 0 Å². The first-order valence-electron chi connectivity index (χ1n) is 19.3. The molecule has 0 saturated heterocycles. The average molecular weight is 743 g/mol. The number of rotatable bonds is 5. The molecule has 0 N–H and O–H groups in total. The Morgan fingerprint density at radius 3 is 1.81 bits per heavy atom. The van der Waals surface area contributed by atoms with Gasteiger partial charge in [0, 0.05) is 38.4 Å². The van der Waals surface area contributed by atoms with E-state index in [9.17, 15) is 0 Å². The van der Waals surface area contributed by atoms with Crippen LogP contribution in [0.1, 0.15) is 0 Å². The summed E-state index contributed by atoms with van der Waals surface area (Å²) in [5, 5.41) is 8.65. The summed E-state index contributed by atoms with van der Waals surface area (Å²) in [4.78, 5) is 20.3. The van der Waals surface area contributed by atoms with Crippen LogP contribution in [0.4, 0.5) is 0 Å². The Balaban J connectivity index is 1.03. The molecule has 0 saturated carbocycles. The SMILES string of the molecule is c1ccc(-c2nc(-c3cccc(-c4ccc5oc6ccc7ccc8nc(-c9ccccc9)oc8c7c6c5c4)c3)nc(-c3cc4ccccc4c4ccccc34)n2)cc1. The zero-order valence-electron chi connectivity index (χ0n) is 30.9. The largest absolute Gasteiger partial charge is 0.456 e. The fraction of sp³-hybridized carbons (Fsp3) is 0. The van der Waals surface area contributed by atoms with Crippen molar-refractivity contribution in [3.05, 3.63) is 182 Å². The van der Waals surface area contributed by atoms with Crippen molar-refractivity contribution >= 4 is 65.4 Å². The predicted molar refractivity (Wildman–Crippen MR) is 234 cm³/mol. The molecule has 0 aliphatic rings. The van der Waals surface area contributed by atoms with E-state index < -0.39 is 0 Å². The summed E-state index contributed by atoms with van der Waals surface area (Å²) in [5.41, 5.74) is 8.95. The van der Waals surface area contributed by atoms with Crippen LogP contribution >= 0.6 is 0 Å². The minimum atomic E-state index is 0.594. The van der Waals surface area contributed by atoms with Crippen molar-refractivity contribution in [3.8, 4) is 56.7 Å². The predicted octanol–water partition coefficient (Wildman–Crippen LogP) is 13.7. The number of aromatic nitrogens is 4. The molecule has 6 heteroatoms. The van der Waals surface area contributed by atoms with E-state index in [-0.39, 0.29) is 0 Å². The van der Waals surface area contributed by atoms with Crippen molar-refractivity contribution in [2.75, 3.05) is 0 Å². The van der Waals surface area contributed by atoms with Crippen molar-refractivity contribution in [2.24, 2.45) is 0 Å². The third-order valence-corrected chi connectivity index (χ3v) is 11.1. The first kappa shape index (κ1) is 32.3. The summed E-state index contributed by atoms with van der Waals surface area (Å²) in [6.07, 6.45) is 0. The lowest BCUT2D eigenvalue weighted by Gasteiger charge is -2.13. The van der Waals surface area contributed by atoms with Gasteiger partial charge in [0.05, 0.1) is 0 Å². The molecule has 6 nitrogen and oxygen atoms in total. The topological polar surface area (TPSA) is 77.8 Å². The zero-order chi connectivity index (χ0) is 38.2. The van der Waals surface area contributed by atoms with Crippen LogP contribution in [0.5, 0.6) is 0 Å². The highest BCUT2D eigenvalue weighted by Crippen LogP contribution is 2.41. The second kappa shape index (κ2) is 12.8. The molecule has 270 valence electrons. The average Bonchev–Trinajstić information content (AvgIpc) is 3.91. The van der Waals surface area contributed by atoms with Crippen molar-refractivity contribution in [1.29, 1.82) is 0 Å². The smallest absolute Gasteiger partial charge is 0.227 e. The Labute approximate surface area is 331 Å². The monoisotopic (exact) mass is 742 g/mol. The van der Waals surface area contributed by atoms with Gasteiger partial charge in [0.1, 0.15) is 16.7 Å². The van der Waals surface area contributed by atoms with Crippen molar-refractivity contribution in [3.63, 3.8) is 0 Å². The molecule has 0 aliphatic carbocycles. The second-order valence-corrected chi connectivity index (χ2v) is 14.6. The van der Waals surface area contributed by atoms with Crippen LogP contribution < -0.4 is 0 Å². The minimum Gasteiger partial charge on any atom is -0.456 e. The van der Waals surface area contributed by atoms with Gasteiger partial charge in [-0.2, -0.15) is 0 Å². The van der Waals surface area contributed by atoms with Gasteiger partial charge >= 0.3 is 0 Å². The van der Waals surface area contributed by atoms with E-state index in [1.165, 1.54) is 5.39 Å². The van der Waals surface area contributed by atoms with Gasteiger partial charge in [-0.1, -0.05) is 133 Å². The van der Waals surface area contributed by atoms with E-state index in [0.717, 1.165) is 93.4 Å². The number of fused-ring (bicyclic) bond motifs is 10. The first-order valence-corrected chi connectivity index (χ1v) is 19.3. The number of benzene rings is 9. The molecule has 0 bridgehead atoms. The van der Waals surface area contributed by atoms with E-state index in [2.05, 4.69) is 109 Å². The van der Waals surface area contributed by atoms with Gasteiger partial charge in [0.15, 0.2) is 23.1 Å². The van der Waals surface area contributed by atoms with Crippen LogP contribution in [-0.4, -0.2) is 19.9 Å². The number of hydrogen-bond donors (Lipinski definition) is 0. The van der Waals surface area contributed by atoms with Crippen LogP contribution in [0, 0.1) is 0 Å². The van der Waals surface area contributed by atoms with E-state index in [1.807, 2.05) is 72.8 Å². The Bertz CT molecular complexity index is 3570. The van der Waals surface area contributed by atoms with Crippen LogP contribution in [0.15, 0.2) is 191 Å². The lowest BCUT2D eigenvalue weighted by atomic mass is 9.96. The summed E-state index contributed by atoms with van der Waals surface area (Å²) >= 11 is 0. The van der Waals surface area contributed by atoms with Gasteiger partial charge in [0.25, 0.3) is 0 Å². The number of nitrogens with zero attached hydrogens (tertiary/aromatic N) is 4. The van der Waals surface area contributed by atoms with Crippen LogP contribution in [-0.2, 0) is 0 Å². The Morgan fingerprint density at radius 1 is 0.328 bits per heavy atom. The molecule has 0 atom stereocenters. The highest BCUT2D eigenvalue weighted by molar-refractivity contribution is 6.25. The maximum atomic E-state index is 6.53. The molecule has 0 fully saturated rings. The van der Waals surface area contributed by atoms with Gasteiger partial charge < -0.3 is 8.83 Å². The first-order chi connectivity index (χ1) is 28.7. The van der Waals surface area contributed by atoms with Gasteiger partial charge in [-0.25, -0.2) is 19.9 Å². The minimum absolute atomic E-state index is 0.594. The van der Waals surface area contributed by atoms with Gasteiger partial charge in [-0.15, -0.1) is 0 Å². The number of furan rings is 1. The number of hydrogen-bond acceptors (Lipinski definition) is 6. The van der Waals surface area contributed by atoms with Crippen molar-refractivity contribution in [2.45, 2.75) is 0 Å². The molecule has 12 rings (SSSR count). The highest BCUT2D eigenvalue weighted by Gasteiger charge is 2.19. The third-order valence-electron chi connectivity index (χ3n) is 11.1. The van der Waals surface area contributed by atoms with E-state index in [0.29, 0.717) is 23.4 Å². The summed E-state index contributed by atoms with van der Waals surface area (Å²) in [7, 11) is 0. The molecule has 58 heavy (non-hydrogen) atoms. The Kier molecular flexibility index (Phi) is 7.13. The molecule has 9 aromatic carbocycles. The quantitative estimate of drug-likeness (QED) is 0.163. The molecular formula is C52H30N4O2. The summed E-state index contributed by atoms with van der Waals surface area (Å²) in [6, 6.07) is 62.3. The van der Waals surface area contributed by atoms with Crippen molar-refractivity contribution in [1.82, 2.24) is 19.9 Å². The number of oxazole rings is 1. The maximum Gasteiger partial charge on any atom is 0.227 e. The molecule has 3 heterocycles. The summed E-state index contributed by atoms with van der Waals surface area (Å²) in [5.74, 6) is 2.45. The maximum absolute atomic E-state index is 6.53. The van der Waals surface area contributed by atoms with E-state index in [1.54, 1.807) is 0 Å². The fourth-order valence-corrected chi connectivity index (χ4v) is 8.36. The Morgan fingerprint density at radius 2 is 0.966 bits per heavy atom. The van der Waals surface area contributed by atoms with Gasteiger partial charge in [-0.3, -0.25) is 0 Å². The molecule has 0 radical (unpaired) electrons. The lowest BCUT2D eigenvalue weighted by Crippen LogP contribution is -2.01. The normalized spacial score (nSPS) is 11.8. The molecule has 0 spiro atoms. The molecular weight excluding hydrogens is 713 g/mol. The standard InChI is InChI=1S/C52H30N4O2/c1-3-12-32(13-4-1)49-54-50(56-51(55-49)41-30-36-16-7-8-19-38(36)39-20-9-10-21-40(39)41)37-18-11-17-34(28-37)35-24-26-44-42(29-35)47-45(57-44)27-23-31-22-25-43-48(46(31)47)58-52(53-43)33-14-5-2-6-15-33/h1-30H. The van der Waals surface area contributed by atoms with Gasteiger partial charge in [0.2, 0.25) is 5.89 Å². The van der Waals surface area contributed by atoms with Crippen LogP contribution in [0.25, 0.3) is 122 Å². The molecule has 0 amide bonds. The molecule has 12 aromatic rings. The van der Waals surface area contributed by atoms with E-state index in [4.69, 9.17) is 28.8 Å². The molecule has 0 unspecified atom stereocenters. The van der Waals surface area contributed by atoms with Crippen molar-refractivity contribution < 1.29 is 8.83 Å². The van der Waals surface area contributed by atoms with Gasteiger partial charge in [-0.05, 0) is 86.6 Å². The fourth-order valence-electron chi connectivity index (χ4n) is 8.36. The third kappa shape index (κ3) is 5.20. The zero-order valence-corrected chi connectivity index (χ0v) is 30.9. The van der Waals surface area contributed by atoms with Crippen LogP contribution in [0.3, 0.4) is 0 Å². The Hall–Kier alpha value is -7.96. The second-order valence-electron chi connectivity index (χ2n) is 14.6. The molecule has 0 aliphatic heterocycles. The highest BCUT2D eigenvalue weighted by atomic mass is 16.3.